The highest BCUT2D eigenvalue weighted by Crippen LogP contribution is 2.09. The van der Waals surface area contributed by atoms with Crippen LogP contribution in [0.4, 0.5) is 6.01 Å². The lowest BCUT2D eigenvalue weighted by molar-refractivity contribution is -0.118. The fourth-order valence-corrected chi connectivity index (χ4v) is 1.25. The molecule has 7 heteroatoms. The average Bonchev–Trinajstić information content (AvgIpc) is 2.86. The molecule has 1 aromatic heterocycles. The minimum Gasteiger partial charge on any atom is -0.484 e. The average molecular weight is 262 g/mol. The van der Waals surface area contributed by atoms with Gasteiger partial charge in [-0.05, 0) is 12.1 Å². The molecule has 0 unspecified atom stereocenters. The standard InChI is InChI=1S/C12H10N2O5/c15-10(7-18-8-4-2-1-3-5-8)14-12-13-9(6-19-12)11(16)17/h1-6H,7H2,(H,16,17)(H,13,14,15). The molecule has 2 aromatic rings. The number of oxazole rings is 1. The number of carboxylic acids is 1. The van der Waals surface area contributed by atoms with Crippen LogP contribution in [0.5, 0.6) is 5.75 Å². The lowest BCUT2D eigenvalue weighted by atomic mass is 10.3. The first-order valence-electron chi connectivity index (χ1n) is 5.31. The minimum atomic E-state index is -1.23. The molecule has 0 spiro atoms. The summed E-state index contributed by atoms with van der Waals surface area (Å²) in [6.45, 7) is -0.227. The fraction of sp³-hybridized carbons (Fsp3) is 0.0833. The van der Waals surface area contributed by atoms with E-state index in [4.69, 9.17) is 14.3 Å². The topological polar surface area (TPSA) is 102 Å². The molecule has 0 aliphatic rings. The van der Waals surface area contributed by atoms with Crippen molar-refractivity contribution in [3.63, 3.8) is 0 Å². The summed E-state index contributed by atoms with van der Waals surface area (Å²) in [4.78, 5) is 25.6. The van der Waals surface area contributed by atoms with E-state index < -0.39 is 11.9 Å². The number of hydrogen-bond acceptors (Lipinski definition) is 5. The Morgan fingerprint density at radius 3 is 2.68 bits per heavy atom. The summed E-state index contributed by atoms with van der Waals surface area (Å²) < 4.78 is 9.97. The highest BCUT2D eigenvalue weighted by molar-refractivity contribution is 5.91. The van der Waals surface area contributed by atoms with Crippen LogP contribution in [-0.4, -0.2) is 28.6 Å². The van der Waals surface area contributed by atoms with E-state index in [-0.39, 0.29) is 18.3 Å². The van der Waals surface area contributed by atoms with E-state index in [1.165, 1.54) is 0 Å². The maximum Gasteiger partial charge on any atom is 0.357 e. The Labute approximate surface area is 107 Å². The molecule has 2 N–H and O–H groups in total. The Balaban J connectivity index is 1.85. The summed E-state index contributed by atoms with van der Waals surface area (Å²) in [6.07, 6.45) is 0.940. The minimum absolute atomic E-state index is 0.181. The van der Waals surface area contributed by atoms with Crippen LogP contribution in [0.25, 0.3) is 0 Å². The molecule has 0 saturated carbocycles. The summed E-state index contributed by atoms with van der Waals surface area (Å²) in [5.41, 5.74) is -0.278. The van der Waals surface area contributed by atoms with Gasteiger partial charge >= 0.3 is 12.0 Å². The van der Waals surface area contributed by atoms with E-state index in [0.717, 1.165) is 6.26 Å². The molecule has 0 atom stereocenters. The number of aromatic nitrogens is 1. The Morgan fingerprint density at radius 2 is 2.05 bits per heavy atom. The third kappa shape index (κ3) is 3.56. The van der Waals surface area contributed by atoms with Crippen LogP contribution in [-0.2, 0) is 4.79 Å². The first-order valence-corrected chi connectivity index (χ1v) is 5.31. The van der Waals surface area contributed by atoms with Gasteiger partial charge in [-0.3, -0.25) is 10.1 Å². The summed E-state index contributed by atoms with van der Waals surface area (Å²) in [6, 6.07) is 8.62. The van der Waals surface area contributed by atoms with Gasteiger partial charge in [-0.2, -0.15) is 4.98 Å². The number of hydrogen-bond donors (Lipinski definition) is 2. The van der Waals surface area contributed by atoms with E-state index in [9.17, 15) is 9.59 Å². The van der Waals surface area contributed by atoms with Gasteiger partial charge in [0.1, 0.15) is 12.0 Å². The predicted molar refractivity (Wildman–Crippen MR) is 64.0 cm³/mol. The molecule has 7 nitrogen and oxygen atoms in total. The van der Waals surface area contributed by atoms with Gasteiger partial charge in [0.2, 0.25) is 0 Å². The van der Waals surface area contributed by atoms with Crippen LogP contribution in [0.2, 0.25) is 0 Å². The van der Waals surface area contributed by atoms with E-state index in [1.54, 1.807) is 24.3 Å². The highest BCUT2D eigenvalue weighted by atomic mass is 16.5. The summed E-state index contributed by atoms with van der Waals surface area (Å²) >= 11 is 0. The van der Waals surface area contributed by atoms with Crippen LogP contribution in [0, 0.1) is 0 Å². The SMILES string of the molecule is O=C(COc1ccccc1)Nc1nc(C(=O)O)co1. The highest BCUT2D eigenvalue weighted by Gasteiger charge is 2.12. The van der Waals surface area contributed by atoms with Gasteiger partial charge in [0.25, 0.3) is 5.91 Å². The molecule has 19 heavy (non-hydrogen) atoms. The van der Waals surface area contributed by atoms with E-state index >= 15 is 0 Å². The Kier molecular flexibility index (Phi) is 3.77. The largest absolute Gasteiger partial charge is 0.484 e. The smallest absolute Gasteiger partial charge is 0.357 e. The zero-order chi connectivity index (χ0) is 13.7. The summed E-state index contributed by atoms with van der Waals surface area (Å²) in [5.74, 6) is -1.18. The van der Waals surface area contributed by atoms with Crippen molar-refractivity contribution in [3.8, 4) is 5.75 Å². The Morgan fingerprint density at radius 1 is 1.32 bits per heavy atom. The van der Waals surface area contributed by atoms with Crippen LogP contribution in [0.3, 0.4) is 0 Å². The molecule has 1 amide bonds. The fourth-order valence-electron chi connectivity index (χ4n) is 1.25. The zero-order valence-electron chi connectivity index (χ0n) is 9.70. The molecular formula is C12H10N2O5. The molecule has 0 fully saturated rings. The molecule has 1 aromatic carbocycles. The third-order valence-electron chi connectivity index (χ3n) is 2.08. The second-order valence-electron chi connectivity index (χ2n) is 3.49. The Hall–Kier alpha value is -2.83. The quantitative estimate of drug-likeness (QED) is 0.844. The number of nitrogens with zero attached hydrogens (tertiary/aromatic N) is 1. The number of carboxylic acid groups (broad SMARTS) is 1. The molecule has 2 rings (SSSR count). The van der Waals surface area contributed by atoms with Crippen LogP contribution < -0.4 is 10.1 Å². The van der Waals surface area contributed by atoms with Crippen molar-refractivity contribution in [2.75, 3.05) is 11.9 Å². The number of amides is 1. The first kappa shape index (κ1) is 12.6. The number of anilines is 1. The Bertz CT molecular complexity index is 579. The lowest BCUT2D eigenvalue weighted by Gasteiger charge is -2.04. The molecule has 0 saturated heterocycles. The molecule has 0 bridgehead atoms. The number of carbonyl (C=O) groups is 2. The second kappa shape index (κ2) is 5.67. The van der Waals surface area contributed by atoms with Gasteiger partial charge in [0.05, 0.1) is 0 Å². The number of para-hydroxylation sites is 1. The van der Waals surface area contributed by atoms with Crippen molar-refractivity contribution in [1.29, 1.82) is 0 Å². The zero-order valence-corrected chi connectivity index (χ0v) is 9.70. The van der Waals surface area contributed by atoms with Crippen LogP contribution in [0.1, 0.15) is 10.5 Å². The summed E-state index contributed by atoms with van der Waals surface area (Å²) in [5, 5.41) is 10.9. The van der Waals surface area contributed by atoms with Gasteiger partial charge in [-0.25, -0.2) is 4.79 Å². The van der Waals surface area contributed by atoms with Gasteiger partial charge < -0.3 is 14.3 Å². The van der Waals surface area contributed by atoms with E-state index in [1.807, 2.05) is 6.07 Å². The van der Waals surface area contributed by atoms with Gasteiger partial charge in [0.15, 0.2) is 12.3 Å². The lowest BCUT2D eigenvalue weighted by Crippen LogP contribution is -2.20. The number of ether oxygens (including phenoxy) is 1. The van der Waals surface area contributed by atoms with Crippen molar-refractivity contribution < 1.29 is 23.8 Å². The molecule has 98 valence electrons. The number of aromatic carboxylic acids is 1. The molecule has 0 aliphatic carbocycles. The second-order valence-corrected chi connectivity index (χ2v) is 3.49. The first-order chi connectivity index (χ1) is 9.15. The maximum absolute atomic E-state index is 11.5. The molecule has 0 aliphatic heterocycles. The van der Waals surface area contributed by atoms with E-state index in [0.29, 0.717) is 5.75 Å². The van der Waals surface area contributed by atoms with Crippen molar-refractivity contribution in [2.24, 2.45) is 0 Å². The predicted octanol–water partition coefficient (Wildman–Crippen LogP) is 1.39. The number of nitrogens with one attached hydrogen (secondary N) is 1. The molecule has 1 heterocycles. The van der Waals surface area contributed by atoms with Crippen LogP contribution in [0.15, 0.2) is 41.0 Å². The monoisotopic (exact) mass is 262 g/mol. The number of carbonyl (C=O) groups excluding carboxylic acids is 1. The van der Waals surface area contributed by atoms with Crippen molar-refractivity contribution >= 4 is 17.9 Å². The van der Waals surface area contributed by atoms with Gasteiger partial charge in [-0.1, -0.05) is 18.2 Å². The normalized spacial score (nSPS) is 9.89. The van der Waals surface area contributed by atoms with Crippen molar-refractivity contribution in [1.82, 2.24) is 4.98 Å². The summed E-state index contributed by atoms with van der Waals surface area (Å²) in [7, 11) is 0. The van der Waals surface area contributed by atoms with Crippen molar-refractivity contribution in [3.05, 3.63) is 42.3 Å². The van der Waals surface area contributed by atoms with Gasteiger partial charge in [-0.15, -0.1) is 0 Å². The molecule has 0 radical (unpaired) electrons. The van der Waals surface area contributed by atoms with Crippen LogP contribution >= 0.6 is 0 Å². The van der Waals surface area contributed by atoms with Crippen molar-refractivity contribution in [2.45, 2.75) is 0 Å². The number of benzene rings is 1. The maximum atomic E-state index is 11.5. The van der Waals surface area contributed by atoms with E-state index in [2.05, 4.69) is 10.3 Å². The third-order valence-corrected chi connectivity index (χ3v) is 2.08. The van der Waals surface area contributed by atoms with Gasteiger partial charge in [0, 0.05) is 0 Å². The molecular weight excluding hydrogens is 252 g/mol. The number of rotatable bonds is 5.